The summed E-state index contributed by atoms with van der Waals surface area (Å²) in [5, 5.41) is 11.5. The second kappa shape index (κ2) is 11.9. The molecule has 1 aliphatic heterocycles. The number of aliphatic hydroxyl groups excluding tert-OH is 1. The number of ketones is 1. The predicted octanol–water partition coefficient (Wildman–Crippen LogP) is 6.96. The molecule has 1 atom stereocenters. The zero-order valence-electron chi connectivity index (χ0n) is 23.4. The van der Waals surface area contributed by atoms with Gasteiger partial charge in [-0.25, -0.2) is 8.78 Å². The van der Waals surface area contributed by atoms with E-state index in [0.717, 1.165) is 41.4 Å². The second-order valence-electron chi connectivity index (χ2n) is 9.87. The minimum Gasteiger partial charge on any atom is -0.507 e. The number of anilines is 2. The quantitative estimate of drug-likeness (QED) is 0.178. The molecular weight excluding hydrogens is 514 g/mol. The van der Waals surface area contributed by atoms with Crippen LogP contribution in [-0.2, 0) is 9.59 Å². The Labute approximate surface area is 233 Å². The molecule has 1 heterocycles. The number of nitrogens with zero attached hydrogens (tertiary/aromatic N) is 2. The number of carbonyl (C=O) groups excluding carboxylic acids is 2. The number of Topliss-reactive ketones (excluding diaryl/α,β-unsaturated/α-hetero) is 1. The lowest BCUT2D eigenvalue weighted by Gasteiger charge is -2.27. The highest BCUT2D eigenvalue weighted by molar-refractivity contribution is 6.51. The monoisotopic (exact) mass is 548 g/mol. The lowest BCUT2D eigenvalue weighted by atomic mass is 9.93. The van der Waals surface area contributed by atoms with Gasteiger partial charge in [-0.3, -0.25) is 14.5 Å². The summed E-state index contributed by atoms with van der Waals surface area (Å²) in [6, 6.07) is 14.4. The van der Waals surface area contributed by atoms with Crippen molar-refractivity contribution in [3.05, 3.63) is 94.6 Å². The number of benzene rings is 3. The molecule has 0 radical (unpaired) electrons. The van der Waals surface area contributed by atoms with Crippen LogP contribution in [0.15, 0.2) is 66.2 Å². The largest absolute Gasteiger partial charge is 0.507 e. The molecular formula is C32H34F2N2O4. The van der Waals surface area contributed by atoms with E-state index >= 15 is 0 Å². The lowest BCUT2D eigenvalue weighted by molar-refractivity contribution is -0.132. The number of hydrogen-bond acceptors (Lipinski definition) is 5. The maximum atomic E-state index is 14.3. The van der Waals surface area contributed by atoms with Crippen molar-refractivity contribution >= 4 is 28.8 Å². The molecule has 1 fully saturated rings. The van der Waals surface area contributed by atoms with E-state index in [4.69, 9.17) is 4.74 Å². The highest BCUT2D eigenvalue weighted by Crippen LogP contribution is 2.43. The molecule has 3 aromatic rings. The average Bonchev–Trinajstić information content (AvgIpc) is 3.21. The van der Waals surface area contributed by atoms with E-state index in [1.807, 2.05) is 46.8 Å². The number of rotatable bonds is 9. The van der Waals surface area contributed by atoms with Crippen molar-refractivity contribution in [2.24, 2.45) is 0 Å². The molecule has 0 bridgehead atoms. The molecule has 0 aliphatic carbocycles. The Balaban J connectivity index is 1.92. The normalized spacial score (nSPS) is 16.6. The van der Waals surface area contributed by atoms with Gasteiger partial charge in [-0.2, -0.15) is 0 Å². The molecule has 1 aliphatic rings. The summed E-state index contributed by atoms with van der Waals surface area (Å²) in [4.78, 5) is 30.1. The molecule has 1 N–H and O–H groups in total. The van der Waals surface area contributed by atoms with E-state index in [-0.39, 0.29) is 22.9 Å². The lowest BCUT2D eigenvalue weighted by Crippen LogP contribution is -2.29. The van der Waals surface area contributed by atoms with Crippen molar-refractivity contribution in [2.45, 2.75) is 46.6 Å². The van der Waals surface area contributed by atoms with Crippen LogP contribution in [0.4, 0.5) is 20.2 Å². The highest BCUT2D eigenvalue weighted by atomic mass is 19.2. The van der Waals surface area contributed by atoms with Gasteiger partial charge in [-0.15, -0.1) is 0 Å². The molecule has 8 heteroatoms. The van der Waals surface area contributed by atoms with Gasteiger partial charge in [0.1, 0.15) is 11.5 Å². The highest BCUT2D eigenvalue weighted by Gasteiger charge is 2.47. The summed E-state index contributed by atoms with van der Waals surface area (Å²) < 4.78 is 33.8. The number of hydrogen-bond donors (Lipinski definition) is 1. The Morgan fingerprint density at radius 3 is 2.20 bits per heavy atom. The average molecular weight is 549 g/mol. The van der Waals surface area contributed by atoms with E-state index in [1.165, 1.54) is 6.07 Å². The third-order valence-electron chi connectivity index (χ3n) is 7.17. The topological polar surface area (TPSA) is 70.1 Å². The third kappa shape index (κ3) is 5.30. The van der Waals surface area contributed by atoms with Gasteiger partial charge >= 0.3 is 0 Å². The minimum absolute atomic E-state index is 0.00688. The Morgan fingerprint density at radius 2 is 1.62 bits per heavy atom. The van der Waals surface area contributed by atoms with Gasteiger partial charge in [0.25, 0.3) is 11.7 Å². The van der Waals surface area contributed by atoms with E-state index < -0.39 is 29.4 Å². The summed E-state index contributed by atoms with van der Waals surface area (Å²) in [5.41, 5.74) is 2.54. The third-order valence-corrected chi connectivity index (χ3v) is 7.17. The summed E-state index contributed by atoms with van der Waals surface area (Å²) >= 11 is 0. The number of ether oxygens (including phenoxy) is 1. The van der Waals surface area contributed by atoms with Crippen molar-refractivity contribution in [1.29, 1.82) is 0 Å². The van der Waals surface area contributed by atoms with Gasteiger partial charge in [0.05, 0.1) is 18.2 Å². The minimum atomic E-state index is -1.15. The first kappa shape index (κ1) is 28.8. The van der Waals surface area contributed by atoms with Gasteiger partial charge in [-0.1, -0.05) is 26.0 Å². The summed E-state index contributed by atoms with van der Waals surface area (Å²) in [5.74, 6) is -3.71. The van der Waals surface area contributed by atoms with Crippen LogP contribution >= 0.6 is 0 Å². The summed E-state index contributed by atoms with van der Waals surface area (Å²) in [7, 11) is 0. The Bertz CT molecular complexity index is 1450. The van der Waals surface area contributed by atoms with Gasteiger partial charge in [0, 0.05) is 36.1 Å². The summed E-state index contributed by atoms with van der Waals surface area (Å²) in [6.45, 7) is 12.0. The van der Waals surface area contributed by atoms with E-state index in [9.17, 15) is 23.5 Å². The molecule has 1 saturated heterocycles. The molecule has 1 unspecified atom stereocenters. The van der Waals surface area contributed by atoms with Crippen molar-refractivity contribution in [3.63, 3.8) is 0 Å². The van der Waals surface area contributed by atoms with Gasteiger partial charge in [-0.05, 0) is 80.3 Å². The van der Waals surface area contributed by atoms with Gasteiger partial charge in [0.15, 0.2) is 11.6 Å². The van der Waals surface area contributed by atoms with Crippen LogP contribution in [0.1, 0.15) is 63.3 Å². The zero-order chi connectivity index (χ0) is 29.1. The molecule has 0 spiro atoms. The standard InChI is InChI=1S/C32H34F2N2O4/c1-6-35(7-2)22-12-9-20(10-13-22)29-28(30(37)21-11-16-27(40-8-3)24(17-21)19(4)5)31(38)32(39)36(29)23-14-15-25(33)26(34)18-23/h9-19,29,37H,6-8H2,1-5H3/b30-28-. The number of aliphatic hydroxyl groups is 1. The van der Waals surface area contributed by atoms with E-state index in [2.05, 4.69) is 4.90 Å². The molecule has 0 saturated carbocycles. The number of carbonyl (C=O) groups is 2. The second-order valence-corrected chi connectivity index (χ2v) is 9.87. The SMILES string of the molecule is CCOc1ccc(/C(O)=C2/C(=O)C(=O)N(c3ccc(F)c(F)c3)C2c2ccc(N(CC)CC)cc2)cc1C(C)C. The molecule has 210 valence electrons. The Hall–Kier alpha value is -4.20. The molecule has 6 nitrogen and oxygen atoms in total. The van der Waals surface area contributed by atoms with Crippen molar-refractivity contribution in [2.75, 3.05) is 29.5 Å². The van der Waals surface area contributed by atoms with E-state index in [1.54, 1.807) is 30.3 Å². The van der Waals surface area contributed by atoms with Crippen LogP contribution in [0.5, 0.6) is 5.75 Å². The number of amides is 1. The van der Waals surface area contributed by atoms with Crippen LogP contribution < -0.4 is 14.5 Å². The first-order valence-corrected chi connectivity index (χ1v) is 13.5. The maximum Gasteiger partial charge on any atom is 0.300 e. The molecule has 1 amide bonds. The van der Waals surface area contributed by atoms with Crippen LogP contribution in [0.2, 0.25) is 0 Å². The fourth-order valence-electron chi connectivity index (χ4n) is 5.09. The smallest absolute Gasteiger partial charge is 0.300 e. The van der Waals surface area contributed by atoms with Crippen molar-refractivity contribution < 1.29 is 28.2 Å². The van der Waals surface area contributed by atoms with Gasteiger partial charge in [0.2, 0.25) is 0 Å². The zero-order valence-corrected chi connectivity index (χ0v) is 23.4. The number of halogens is 2. The fraction of sp³-hybridized carbons (Fsp3) is 0.312. The first-order valence-electron chi connectivity index (χ1n) is 13.5. The Kier molecular flexibility index (Phi) is 8.57. The van der Waals surface area contributed by atoms with Crippen LogP contribution in [-0.4, -0.2) is 36.5 Å². The molecule has 40 heavy (non-hydrogen) atoms. The summed E-state index contributed by atoms with van der Waals surface area (Å²) in [6.07, 6.45) is 0. The van der Waals surface area contributed by atoms with Crippen LogP contribution in [0.25, 0.3) is 5.76 Å². The van der Waals surface area contributed by atoms with Crippen molar-refractivity contribution in [1.82, 2.24) is 0 Å². The van der Waals surface area contributed by atoms with E-state index in [0.29, 0.717) is 23.5 Å². The van der Waals surface area contributed by atoms with Crippen LogP contribution in [0.3, 0.4) is 0 Å². The molecule has 4 rings (SSSR count). The van der Waals surface area contributed by atoms with Crippen molar-refractivity contribution in [3.8, 4) is 5.75 Å². The first-order chi connectivity index (χ1) is 19.1. The molecule has 0 aromatic heterocycles. The Morgan fingerprint density at radius 1 is 0.950 bits per heavy atom. The molecule has 3 aromatic carbocycles. The van der Waals surface area contributed by atoms with Gasteiger partial charge < -0.3 is 14.7 Å². The predicted molar refractivity (Wildman–Crippen MR) is 153 cm³/mol. The fourth-order valence-corrected chi connectivity index (χ4v) is 5.09. The van der Waals surface area contributed by atoms with Crippen LogP contribution in [0, 0.1) is 11.6 Å². The maximum absolute atomic E-state index is 14.3.